The third-order valence-corrected chi connectivity index (χ3v) is 3.51. The van der Waals surface area contributed by atoms with E-state index < -0.39 is 0 Å². The molecule has 0 saturated carbocycles. The fourth-order valence-electron chi connectivity index (χ4n) is 2.11. The molecular weight excluding hydrogens is 273 g/mol. The van der Waals surface area contributed by atoms with Gasteiger partial charge < -0.3 is 5.32 Å². The maximum absolute atomic E-state index is 13.0. The van der Waals surface area contributed by atoms with Gasteiger partial charge in [0.15, 0.2) is 0 Å². The highest BCUT2D eigenvalue weighted by atomic mass is 35.5. The largest absolute Gasteiger partial charge is 0.313 e. The lowest BCUT2D eigenvalue weighted by molar-refractivity contribution is 0.615. The Morgan fingerprint density at radius 3 is 2.50 bits per heavy atom. The summed E-state index contributed by atoms with van der Waals surface area (Å²) in [7, 11) is 0. The molecule has 2 rings (SSSR count). The number of benzene rings is 2. The zero-order valence-corrected chi connectivity index (χ0v) is 12.2. The molecule has 106 valence electrons. The Kier molecular flexibility index (Phi) is 6.03. The first-order valence-corrected chi connectivity index (χ1v) is 7.32. The van der Waals surface area contributed by atoms with E-state index in [1.54, 1.807) is 12.1 Å². The Labute approximate surface area is 124 Å². The van der Waals surface area contributed by atoms with Gasteiger partial charge in [0.05, 0.1) is 5.02 Å². The van der Waals surface area contributed by atoms with Gasteiger partial charge in [-0.15, -0.1) is 0 Å². The average Bonchev–Trinajstić information content (AvgIpc) is 2.47. The van der Waals surface area contributed by atoms with E-state index in [0.717, 1.165) is 31.5 Å². The van der Waals surface area contributed by atoms with Crippen LogP contribution in [0.4, 0.5) is 4.39 Å². The monoisotopic (exact) mass is 291 g/mol. The quantitative estimate of drug-likeness (QED) is 0.736. The molecule has 0 heterocycles. The first kappa shape index (κ1) is 15.0. The summed E-state index contributed by atoms with van der Waals surface area (Å²) in [5.74, 6) is -0.363. The van der Waals surface area contributed by atoms with Crippen LogP contribution in [0.2, 0.25) is 5.02 Å². The highest BCUT2D eigenvalue weighted by Gasteiger charge is 2.00. The van der Waals surface area contributed by atoms with E-state index in [2.05, 4.69) is 29.6 Å². The fourth-order valence-corrected chi connectivity index (χ4v) is 2.31. The van der Waals surface area contributed by atoms with Gasteiger partial charge in [-0.05, 0) is 49.1 Å². The van der Waals surface area contributed by atoms with Crippen LogP contribution in [0.25, 0.3) is 0 Å². The fraction of sp³-hybridized carbons (Fsp3) is 0.294. The molecular formula is C17H19ClFN. The van der Waals surface area contributed by atoms with E-state index in [1.165, 1.54) is 18.1 Å². The molecule has 0 aliphatic rings. The molecule has 0 unspecified atom stereocenters. The lowest BCUT2D eigenvalue weighted by Gasteiger charge is -2.06. The minimum atomic E-state index is -0.363. The van der Waals surface area contributed by atoms with Crippen molar-refractivity contribution in [3.05, 3.63) is 70.5 Å². The third kappa shape index (κ3) is 4.95. The van der Waals surface area contributed by atoms with Crippen LogP contribution in [0.15, 0.2) is 48.5 Å². The van der Waals surface area contributed by atoms with Crippen LogP contribution in [0.1, 0.15) is 24.0 Å². The Bertz CT molecular complexity index is 528. The summed E-state index contributed by atoms with van der Waals surface area (Å²) >= 11 is 5.74. The summed E-state index contributed by atoms with van der Waals surface area (Å²) < 4.78 is 13.0. The Balaban J connectivity index is 1.61. The van der Waals surface area contributed by atoms with Gasteiger partial charge >= 0.3 is 0 Å². The number of aryl methyl sites for hydroxylation is 1. The molecule has 1 nitrogen and oxygen atoms in total. The van der Waals surface area contributed by atoms with Crippen molar-refractivity contribution in [3.8, 4) is 0 Å². The number of rotatable bonds is 7. The summed E-state index contributed by atoms with van der Waals surface area (Å²) in [5, 5.41) is 3.54. The summed E-state index contributed by atoms with van der Waals surface area (Å²) in [5.41, 5.74) is 2.40. The first-order valence-electron chi connectivity index (χ1n) is 6.94. The van der Waals surface area contributed by atoms with E-state index in [1.807, 2.05) is 6.07 Å². The number of hydrogen-bond donors (Lipinski definition) is 1. The number of unbranched alkanes of at least 4 members (excludes halogenated alkanes) is 1. The maximum atomic E-state index is 13.0. The topological polar surface area (TPSA) is 12.0 Å². The van der Waals surface area contributed by atoms with E-state index in [0.29, 0.717) is 0 Å². The van der Waals surface area contributed by atoms with E-state index in [4.69, 9.17) is 11.6 Å². The molecule has 0 aromatic heterocycles. The lowest BCUT2D eigenvalue weighted by atomic mass is 10.1. The lowest BCUT2D eigenvalue weighted by Crippen LogP contribution is -2.14. The molecule has 0 spiro atoms. The molecule has 3 heteroatoms. The van der Waals surface area contributed by atoms with Crippen molar-refractivity contribution in [2.24, 2.45) is 0 Å². The van der Waals surface area contributed by atoms with Gasteiger partial charge in [0.2, 0.25) is 0 Å². The minimum absolute atomic E-state index is 0.188. The molecule has 0 bridgehead atoms. The third-order valence-electron chi connectivity index (χ3n) is 3.22. The van der Waals surface area contributed by atoms with E-state index in [-0.39, 0.29) is 10.8 Å². The predicted molar refractivity (Wildman–Crippen MR) is 82.5 cm³/mol. The summed E-state index contributed by atoms with van der Waals surface area (Å²) in [6.07, 6.45) is 3.41. The van der Waals surface area contributed by atoms with Crippen molar-refractivity contribution in [2.45, 2.75) is 25.8 Å². The van der Waals surface area contributed by atoms with Crippen molar-refractivity contribution >= 4 is 11.6 Å². The van der Waals surface area contributed by atoms with Gasteiger partial charge in [-0.1, -0.05) is 48.0 Å². The molecule has 0 fully saturated rings. The summed E-state index contributed by atoms with van der Waals surface area (Å²) in [4.78, 5) is 0. The van der Waals surface area contributed by atoms with Crippen LogP contribution >= 0.6 is 11.6 Å². The van der Waals surface area contributed by atoms with Gasteiger partial charge in [0, 0.05) is 6.54 Å². The molecule has 1 N–H and O–H groups in total. The minimum Gasteiger partial charge on any atom is -0.313 e. The van der Waals surface area contributed by atoms with Gasteiger partial charge in [-0.25, -0.2) is 4.39 Å². The van der Waals surface area contributed by atoms with Crippen molar-refractivity contribution in [3.63, 3.8) is 0 Å². The van der Waals surface area contributed by atoms with Gasteiger partial charge in [-0.3, -0.25) is 0 Å². The second-order valence-corrected chi connectivity index (χ2v) is 5.28. The van der Waals surface area contributed by atoms with Crippen LogP contribution in [-0.4, -0.2) is 6.54 Å². The van der Waals surface area contributed by atoms with Gasteiger partial charge in [-0.2, -0.15) is 0 Å². The second-order valence-electron chi connectivity index (χ2n) is 4.87. The second kappa shape index (κ2) is 8.03. The van der Waals surface area contributed by atoms with Crippen molar-refractivity contribution in [1.29, 1.82) is 0 Å². The van der Waals surface area contributed by atoms with E-state index in [9.17, 15) is 4.39 Å². The highest BCUT2D eigenvalue weighted by Crippen LogP contribution is 2.15. The zero-order valence-electron chi connectivity index (χ0n) is 11.4. The van der Waals surface area contributed by atoms with Crippen LogP contribution < -0.4 is 5.32 Å². The Morgan fingerprint density at radius 1 is 0.950 bits per heavy atom. The average molecular weight is 292 g/mol. The normalized spacial score (nSPS) is 10.7. The summed E-state index contributed by atoms with van der Waals surface area (Å²) in [6.45, 7) is 1.69. The summed E-state index contributed by atoms with van der Waals surface area (Å²) in [6, 6.07) is 15.4. The van der Waals surface area contributed by atoms with Crippen molar-refractivity contribution in [2.75, 3.05) is 6.54 Å². The van der Waals surface area contributed by atoms with Gasteiger partial charge in [0.25, 0.3) is 0 Å². The Hall–Kier alpha value is -1.38. The number of halogens is 2. The van der Waals surface area contributed by atoms with Crippen LogP contribution in [0.3, 0.4) is 0 Å². The number of hydrogen-bond acceptors (Lipinski definition) is 1. The smallest absolute Gasteiger partial charge is 0.141 e. The standard InChI is InChI=1S/C17H19ClFN/c18-16-12-15(9-10-17(16)19)13-20-11-5-4-8-14-6-2-1-3-7-14/h1-3,6-7,9-10,12,20H,4-5,8,11,13H2. The first-order chi connectivity index (χ1) is 9.75. The zero-order chi connectivity index (χ0) is 14.2. The van der Waals surface area contributed by atoms with Crippen molar-refractivity contribution in [1.82, 2.24) is 5.32 Å². The molecule has 0 aliphatic carbocycles. The Morgan fingerprint density at radius 2 is 1.75 bits per heavy atom. The molecule has 0 saturated heterocycles. The molecule has 0 amide bonds. The van der Waals surface area contributed by atoms with Crippen LogP contribution in [0.5, 0.6) is 0 Å². The van der Waals surface area contributed by atoms with Gasteiger partial charge in [0.1, 0.15) is 5.82 Å². The maximum Gasteiger partial charge on any atom is 0.141 e. The molecule has 2 aromatic carbocycles. The van der Waals surface area contributed by atoms with Crippen LogP contribution in [-0.2, 0) is 13.0 Å². The molecule has 0 radical (unpaired) electrons. The predicted octanol–water partition coefficient (Wildman–Crippen LogP) is 4.59. The van der Waals surface area contributed by atoms with E-state index >= 15 is 0 Å². The van der Waals surface area contributed by atoms with Crippen molar-refractivity contribution < 1.29 is 4.39 Å². The molecule has 2 aromatic rings. The molecule has 0 aliphatic heterocycles. The SMILES string of the molecule is Fc1ccc(CNCCCCc2ccccc2)cc1Cl. The molecule has 0 atom stereocenters. The molecule has 20 heavy (non-hydrogen) atoms. The van der Waals surface area contributed by atoms with Crippen LogP contribution in [0, 0.1) is 5.82 Å². The highest BCUT2D eigenvalue weighted by molar-refractivity contribution is 6.30. The number of nitrogens with one attached hydrogen (secondary N) is 1.